The van der Waals surface area contributed by atoms with E-state index >= 15 is 0 Å². The number of halogens is 3. The third-order valence-corrected chi connectivity index (χ3v) is 5.73. The number of benzene rings is 2. The van der Waals surface area contributed by atoms with Crippen LogP contribution >= 0.6 is 0 Å². The topological polar surface area (TPSA) is 42.7 Å². The number of para-hydroxylation sites is 1. The molecule has 0 saturated heterocycles. The van der Waals surface area contributed by atoms with Gasteiger partial charge in [0.1, 0.15) is 11.3 Å². The number of hydrogen-bond acceptors (Lipinski definition) is 4. The molecule has 2 heterocycles. The molecule has 0 N–H and O–H groups in total. The van der Waals surface area contributed by atoms with E-state index < -0.39 is 11.7 Å². The van der Waals surface area contributed by atoms with Gasteiger partial charge in [0.15, 0.2) is 6.73 Å². The fraction of sp³-hybridized carbons (Fsp3) is 0.318. The Balaban J connectivity index is 1.64. The van der Waals surface area contributed by atoms with Crippen molar-refractivity contribution in [1.82, 2.24) is 0 Å². The number of fused-ring (bicyclic) bond motifs is 5. The molecule has 1 aliphatic heterocycles. The Morgan fingerprint density at radius 3 is 2.48 bits per heavy atom. The summed E-state index contributed by atoms with van der Waals surface area (Å²) >= 11 is 0. The van der Waals surface area contributed by atoms with E-state index in [2.05, 4.69) is 0 Å². The van der Waals surface area contributed by atoms with E-state index in [1.54, 1.807) is 6.07 Å². The lowest BCUT2D eigenvalue weighted by atomic mass is 9.90. The Labute approximate surface area is 164 Å². The predicted molar refractivity (Wildman–Crippen MR) is 102 cm³/mol. The number of aryl methyl sites for hydroxylation is 1. The fourth-order valence-electron chi connectivity index (χ4n) is 4.36. The van der Waals surface area contributed by atoms with Gasteiger partial charge in [0.05, 0.1) is 23.4 Å². The first-order valence-electron chi connectivity index (χ1n) is 9.58. The van der Waals surface area contributed by atoms with Crippen molar-refractivity contribution >= 4 is 16.7 Å². The molecule has 3 aromatic rings. The minimum atomic E-state index is -4.47. The number of anilines is 1. The van der Waals surface area contributed by atoms with Gasteiger partial charge in [-0.3, -0.25) is 0 Å². The standard InChI is InChI=1S/C22H18F3NO3/c23-22(24,25)17-7-3-4-8-18(17)26-11-16-19(28-12-26)10-9-14-13-5-1-2-6-15(13)21(27)29-20(14)16/h3-4,7-10H,1-2,5-6,11-12H2. The SMILES string of the molecule is O=c1oc2c3c(ccc2c2c1CCCC2)OCN(c1ccccc1C(F)(F)F)C3. The molecule has 0 fully saturated rings. The van der Waals surface area contributed by atoms with Crippen LogP contribution in [0.15, 0.2) is 45.6 Å². The largest absolute Gasteiger partial charge is 0.473 e. The minimum Gasteiger partial charge on any atom is -0.473 e. The highest BCUT2D eigenvalue weighted by molar-refractivity contribution is 5.87. The maximum atomic E-state index is 13.5. The summed E-state index contributed by atoms with van der Waals surface area (Å²) in [7, 11) is 0. The van der Waals surface area contributed by atoms with Crippen molar-refractivity contribution in [2.75, 3.05) is 11.6 Å². The van der Waals surface area contributed by atoms with Crippen LogP contribution in [0.25, 0.3) is 11.0 Å². The van der Waals surface area contributed by atoms with Crippen LogP contribution in [0, 0.1) is 0 Å². The van der Waals surface area contributed by atoms with Gasteiger partial charge in [-0.25, -0.2) is 4.79 Å². The average molecular weight is 401 g/mol. The monoisotopic (exact) mass is 401 g/mol. The molecular formula is C22H18F3NO3. The molecule has 2 aliphatic rings. The first-order chi connectivity index (χ1) is 13.9. The lowest BCUT2D eigenvalue weighted by molar-refractivity contribution is -0.137. The van der Waals surface area contributed by atoms with Crippen LogP contribution in [0.4, 0.5) is 18.9 Å². The highest BCUT2D eigenvalue weighted by Gasteiger charge is 2.36. The molecule has 7 heteroatoms. The molecule has 0 radical (unpaired) electrons. The highest BCUT2D eigenvalue weighted by Crippen LogP contribution is 2.40. The third kappa shape index (κ3) is 2.96. The van der Waals surface area contributed by atoms with E-state index in [-0.39, 0.29) is 24.6 Å². The van der Waals surface area contributed by atoms with Crippen molar-refractivity contribution in [3.8, 4) is 5.75 Å². The molecule has 29 heavy (non-hydrogen) atoms. The molecule has 0 saturated carbocycles. The van der Waals surface area contributed by atoms with Crippen molar-refractivity contribution < 1.29 is 22.3 Å². The molecule has 150 valence electrons. The molecule has 1 aliphatic carbocycles. The van der Waals surface area contributed by atoms with E-state index in [4.69, 9.17) is 9.15 Å². The van der Waals surface area contributed by atoms with Gasteiger partial charge in [0.25, 0.3) is 0 Å². The smallest absolute Gasteiger partial charge is 0.418 e. The van der Waals surface area contributed by atoms with Crippen LogP contribution < -0.4 is 15.3 Å². The van der Waals surface area contributed by atoms with Crippen molar-refractivity contribution in [3.63, 3.8) is 0 Å². The number of rotatable bonds is 1. The molecule has 0 amide bonds. The zero-order valence-corrected chi connectivity index (χ0v) is 15.5. The van der Waals surface area contributed by atoms with Gasteiger partial charge in [-0.1, -0.05) is 12.1 Å². The van der Waals surface area contributed by atoms with Crippen molar-refractivity contribution in [3.05, 3.63) is 69.1 Å². The number of alkyl halides is 3. The zero-order valence-electron chi connectivity index (χ0n) is 15.5. The van der Waals surface area contributed by atoms with Crippen LogP contribution in [0.5, 0.6) is 5.75 Å². The van der Waals surface area contributed by atoms with Crippen molar-refractivity contribution in [2.24, 2.45) is 0 Å². The normalized spacial score (nSPS) is 16.3. The molecule has 0 atom stereocenters. The maximum Gasteiger partial charge on any atom is 0.418 e. The first kappa shape index (κ1) is 18.1. The molecule has 0 unspecified atom stereocenters. The summed E-state index contributed by atoms with van der Waals surface area (Å²) in [5.41, 5.74) is 1.72. The molecule has 2 aromatic carbocycles. The quantitative estimate of drug-likeness (QED) is 0.536. The lowest BCUT2D eigenvalue weighted by Gasteiger charge is -2.32. The van der Waals surface area contributed by atoms with E-state index in [1.165, 1.54) is 17.0 Å². The van der Waals surface area contributed by atoms with Gasteiger partial charge in [-0.2, -0.15) is 13.2 Å². The molecule has 0 bridgehead atoms. The zero-order chi connectivity index (χ0) is 20.2. The van der Waals surface area contributed by atoms with Crippen molar-refractivity contribution in [1.29, 1.82) is 0 Å². The summed E-state index contributed by atoms with van der Waals surface area (Å²) in [5, 5.41) is 0.854. The van der Waals surface area contributed by atoms with Crippen LogP contribution in [-0.4, -0.2) is 6.73 Å². The molecule has 1 aromatic heterocycles. The number of nitrogens with zero attached hydrogens (tertiary/aromatic N) is 1. The van der Waals surface area contributed by atoms with E-state index in [9.17, 15) is 18.0 Å². The average Bonchev–Trinajstić information content (AvgIpc) is 2.73. The second-order valence-corrected chi connectivity index (χ2v) is 7.46. The Morgan fingerprint density at radius 2 is 1.69 bits per heavy atom. The van der Waals surface area contributed by atoms with Crippen molar-refractivity contribution in [2.45, 2.75) is 38.4 Å². The summed E-state index contributed by atoms with van der Waals surface area (Å²) in [6, 6.07) is 9.14. The van der Waals surface area contributed by atoms with E-state index in [0.717, 1.165) is 41.8 Å². The second kappa shape index (κ2) is 6.54. The Kier molecular flexibility index (Phi) is 4.08. The molecule has 5 rings (SSSR count). The summed E-state index contributed by atoms with van der Waals surface area (Å²) in [6.45, 7) is 0.155. The number of hydrogen-bond donors (Lipinski definition) is 0. The molecule has 0 spiro atoms. The first-order valence-corrected chi connectivity index (χ1v) is 9.58. The Morgan fingerprint density at radius 1 is 0.931 bits per heavy atom. The van der Waals surface area contributed by atoms with E-state index in [1.807, 2.05) is 12.1 Å². The van der Waals surface area contributed by atoms with Gasteiger partial charge >= 0.3 is 11.8 Å². The fourth-order valence-corrected chi connectivity index (χ4v) is 4.36. The third-order valence-electron chi connectivity index (χ3n) is 5.73. The summed E-state index contributed by atoms with van der Waals surface area (Å²) < 4.78 is 51.8. The predicted octanol–water partition coefficient (Wildman–Crippen LogP) is 5.05. The van der Waals surface area contributed by atoms with Gasteiger partial charge in [0.2, 0.25) is 0 Å². The van der Waals surface area contributed by atoms with Gasteiger partial charge in [-0.15, -0.1) is 0 Å². The number of ether oxygens (including phenoxy) is 1. The summed E-state index contributed by atoms with van der Waals surface area (Å²) in [6.07, 6.45) is -1.01. The van der Waals surface area contributed by atoms with Crippen LogP contribution in [0.3, 0.4) is 0 Å². The van der Waals surface area contributed by atoms with Gasteiger partial charge < -0.3 is 14.1 Å². The lowest BCUT2D eigenvalue weighted by Crippen LogP contribution is -2.33. The Hall–Kier alpha value is -2.96. The van der Waals surface area contributed by atoms with Gasteiger partial charge in [0, 0.05) is 10.9 Å². The second-order valence-electron chi connectivity index (χ2n) is 7.46. The summed E-state index contributed by atoms with van der Waals surface area (Å²) in [5.74, 6) is 0.539. The molecule has 4 nitrogen and oxygen atoms in total. The van der Waals surface area contributed by atoms with Gasteiger partial charge in [-0.05, 0) is 55.5 Å². The highest BCUT2D eigenvalue weighted by atomic mass is 19.4. The molecular weight excluding hydrogens is 383 g/mol. The summed E-state index contributed by atoms with van der Waals surface area (Å²) in [4.78, 5) is 14.0. The van der Waals surface area contributed by atoms with Crippen LogP contribution in [-0.2, 0) is 25.6 Å². The maximum absolute atomic E-state index is 13.5. The van der Waals surface area contributed by atoms with Crippen LogP contribution in [0.2, 0.25) is 0 Å². The minimum absolute atomic E-state index is 0.0131. The van der Waals surface area contributed by atoms with Crippen LogP contribution in [0.1, 0.15) is 35.1 Å². The Bertz CT molecular complexity index is 1170. The van der Waals surface area contributed by atoms with E-state index in [0.29, 0.717) is 23.3 Å².